The first-order valence-corrected chi connectivity index (χ1v) is 10.6. The summed E-state index contributed by atoms with van der Waals surface area (Å²) in [5.41, 5.74) is 5.29. The Morgan fingerprint density at radius 3 is 1.74 bits per heavy atom. The highest BCUT2D eigenvalue weighted by atomic mass is 16.2. The first-order chi connectivity index (χ1) is 15.2. The zero-order valence-electron chi connectivity index (χ0n) is 17.6. The maximum absolute atomic E-state index is 13.2. The molecule has 0 aliphatic carbocycles. The first kappa shape index (κ1) is 20.6. The number of hydrogen-bond acceptors (Lipinski definition) is 1. The molecule has 4 aromatic carbocycles. The van der Waals surface area contributed by atoms with Crippen molar-refractivity contribution in [2.45, 2.75) is 19.0 Å². The second-order valence-electron chi connectivity index (χ2n) is 7.68. The molecule has 154 valence electrons. The molecule has 3 N–H and O–H groups in total. The number of benzene rings is 4. The van der Waals surface area contributed by atoms with Crippen LogP contribution in [0.5, 0.6) is 0 Å². The number of quaternary nitrogens is 1. The van der Waals surface area contributed by atoms with Crippen LogP contribution in [0, 0.1) is 0 Å². The summed E-state index contributed by atoms with van der Waals surface area (Å²) in [4.78, 5) is 13.2. The van der Waals surface area contributed by atoms with Crippen LogP contribution in [0.25, 0.3) is 11.1 Å². The minimum atomic E-state index is -0.269. The Labute approximate surface area is 183 Å². The SMILES string of the molecule is C[C@@H]([NH2+]C(c1ccccc1)c1ccccc1)C(=O)Nc1ccccc1-c1ccccc1. The van der Waals surface area contributed by atoms with E-state index >= 15 is 0 Å². The third kappa shape index (κ3) is 5.08. The summed E-state index contributed by atoms with van der Waals surface area (Å²) in [7, 11) is 0. The third-order valence-electron chi connectivity index (χ3n) is 5.48. The number of hydrogen-bond donors (Lipinski definition) is 2. The highest BCUT2D eigenvalue weighted by Gasteiger charge is 2.25. The average Bonchev–Trinajstić information content (AvgIpc) is 2.84. The number of carbonyl (C=O) groups excluding carboxylic acids is 1. The molecule has 0 radical (unpaired) electrons. The fourth-order valence-electron chi connectivity index (χ4n) is 3.82. The number of carbonyl (C=O) groups is 1. The van der Waals surface area contributed by atoms with Crippen LogP contribution in [0.4, 0.5) is 5.69 Å². The zero-order valence-corrected chi connectivity index (χ0v) is 17.6. The van der Waals surface area contributed by atoms with E-state index < -0.39 is 0 Å². The summed E-state index contributed by atoms with van der Waals surface area (Å²) in [5.74, 6) is -0.0137. The molecule has 3 heteroatoms. The zero-order chi connectivity index (χ0) is 21.5. The van der Waals surface area contributed by atoms with Gasteiger partial charge in [0.25, 0.3) is 5.91 Å². The van der Waals surface area contributed by atoms with Gasteiger partial charge in [-0.1, -0.05) is 109 Å². The summed E-state index contributed by atoms with van der Waals surface area (Å²) in [6.07, 6.45) is 0. The molecule has 0 aliphatic rings. The quantitative estimate of drug-likeness (QED) is 0.443. The Balaban J connectivity index is 1.54. The van der Waals surface area contributed by atoms with Gasteiger partial charge in [0.05, 0.1) is 0 Å². The number of anilines is 1. The van der Waals surface area contributed by atoms with Crippen molar-refractivity contribution < 1.29 is 10.1 Å². The van der Waals surface area contributed by atoms with Gasteiger partial charge in [-0.05, 0) is 18.6 Å². The van der Waals surface area contributed by atoms with Gasteiger partial charge in [0.1, 0.15) is 6.04 Å². The molecule has 0 saturated heterocycles. The molecule has 4 aromatic rings. The van der Waals surface area contributed by atoms with Crippen molar-refractivity contribution in [3.05, 3.63) is 126 Å². The normalized spacial score (nSPS) is 11.8. The highest BCUT2D eigenvalue weighted by Crippen LogP contribution is 2.27. The smallest absolute Gasteiger partial charge is 0.282 e. The summed E-state index contributed by atoms with van der Waals surface area (Å²) in [5, 5.41) is 5.28. The summed E-state index contributed by atoms with van der Waals surface area (Å²) in [6, 6.07) is 38.5. The molecular weight excluding hydrogens is 380 g/mol. The fraction of sp³-hybridized carbons (Fsp3) is 0.107. The predicted octanol–water partition coefficient (Wildman–Crippen LogP) is 5.03. The van der Waals surface area contributed by atoms with E-state index in [0.717, 1.165) is 16.8 Å². The molecule has 0 fully saturated rings. The van der Waals surface area contributed by atoms with Crippen molar-refractivity contribution >= 4 is 11.6 Å². The second-order valence-corrected chi connectivity index (χ2v) is 7.68. The van der Waals surface area contributed by atoms with Gasteiger partial charge in [-0.25, -0.2) is 0 Å². The van der Waals surface area contributed by atoms with Crippen molar-refractivity contribution in [1.82, 2.24) is 0 Å². The van der Waals surface area contributed by atoms with Gasteiger partial charge in [0.15, 0.2) is 6.04 Å². The lowest BCUT2D eigenvalue weighted by atomic mass is 9.98. The molecule has 0 heterocycles. The monoisotopic (exact) mass is 407 g/mol. The largest absolute Gasteiger partial charge is 0.326 e. The van der Waals surface area contributed by atoms with Crippen LogP contribution in [-0.2, 0) is 4.79 Å². The van der Waals surface area contributed by atoms with Crippen molar-refractivity contribution in [3.63, 3.8) is 0 Å². The van der Waals surface area contributed by atoms with E-state index in [4.69, 9.17) is 0 Å². The molecule has 0 spiro atoms. The van der Waals surface area contributed by atoms with Gasteiger partial charge in [-0.3, -0.25) is 4.79 Å². The number of para-hydroxylation sites is 1. The van der Waals surface area contributed by atoms with Crippen molar-refractivity contribution in [2.75, 3.05) is 5.32 Å². The van der Waals surface area contributed by atoms with Crippen molar-refractivity contribution in [1.29, 1.82) is 0 Å². The number of rotatable bonds is 7. The van der Waals surface area contributed by atoms with Crippen LogP contribution >= 0.6 is 0 Å². The molecule has 0 aliphatic heterocycles. The van der Waals surface area contributed by atoms with E-state index in [1.165, 1.54) is 11.1 Å². The lowest BCUT2D eigenvalue weighted by molar-refractivity contribution is -0.704. The number of nitrogens with two attached hydrogens (primary N) is 1. The molecule has 0 bridgehead atoms. The van der Waals surface area contributed by atoms with Crippen LogP contribution in [0.1, 0.15) is 24.1 Å². The number of nitrogens with one attached hydrogen (secondary N) is 1. The van der Waals surface area contributed by atoms with E-state index in [1.54, 1.807) is 0 Å². The maximum atomic E-state index is 13.2. The van der Waals surface area contributed by atoms with Crippen molar-refractivity contribution in [2.24, 2.45) is 0 Å². The van der Waals surface area contributed by atoms with E-state index in [0.29, 0.717) is 0 Å². The fourth-order valence-corrected chi connectivity index (χ4v) is 3.82. The predicted molar refractivity (Wildman–Crippen MR) is 127 cm³/mol. The van der Waals surface area contributed by atoms with E-state index in [-0.39, 0.29) is 18.0 Å². The first-order valence-electron chi connectivity index (χ1n) is 10.6. The maximum Gasteiger partial charge on any atom is 0.282 e. The highest BCUT2D eigenvalue weighted by molar-refractivity contribution is 5.97. The summed E-state index contributed by atoms with van der Waals surface area (Å²) in [6.45, 7) is 1.96. The average molecular weight is 408 g/mol. The van der Waals surface area contributed by atoms with Crippen LogP contribution in [0.15, 0.2) is 115 Å². The molecule has 4 rings (SSSR count). The topological polar surface area (TPSA) is 45.7 Å². The minimum absolute atomic E-state index is 0.0137. The Morgan fingerprint density at radius 2 is 1.16 bits per heavy atom. The van der Waals surface area contributed by atoms with Crippen LogP contribution in [-0.4, -0.2) is 11.9 Å². The Kier molecular flexibility index (Phi) is 6.56. The van der Waals surface area contributed by atoms with E-state index in [9.17, 15) is 4.79 Å². The second kappa shape index (κ2) is 9.88. The standard InChI is InChI=1S/C28H26N2O/c1-21(29-27(23-15-7-3-8-16-23)24-17-9-4-10-18-24)28(31)30-26-20-12-11-19-25(26)22-13-5-2-6-14-22/h2-21,27,29H,1H3,(H,30,31)/p+1/t21-/m1/s1. The van der Waals surface area contributed by atoms with Gasteiger partial charge in [0, 0.05) is 22.4 Å². The van der Waals surface area contributed by atoms with Crippen LogP contribution in [0.3, 0.4) is 0 Å². The summed E-state index contributed by atoms with van der Waals surface area (Å²) >= 11 is 0. The molecule has 0 saturated carbocycles. The molecule has 0 aromatic heterocycles. The van der Waals surface area contributed by atoms with Crippen molar-refractivity contribution in [3.8, 4) is 11.1 Å². The Morgan fingerprint density at radius 1 is 0.677 bits per heavy atom. The lowest BCUT2D eigenvalue weighted by Gasteiger charge is -2.21. The Hall–Kier alpha value is -3.69. The molecule has 31 heavy (non-hydrogen) atoms. The third-order valence-corrected chi connectivity index (χ3v) is 5.48. The van der Waals surface area contributed by atoms with Gasteiger partial charge in [0.2, 0.25) is 0 Å². The minimum Gasteiger partial charge on any atom is -0.326 e. The molecule has 3 nitrogen and oxygen atoms in total. The van der Waals surface area contributed by atoms with Crippen LogP contribution in [0.2, 0.25) is 0 Å². The van der Waals surface area contributed by atoms with Crippen LogP contribution < -0.4 is 10.6 Å². The molecular formula is C28H27N2O+. The number of amides is 1. The van der Waals surface area contributed by atoms with Gasteiger partial charge < -0.3 is 10.6 Å². The van der Waals surface area contributed by atoms with Gasteiger partial charge in [-0.2, -0.15) is 0 Å². The molecule has 0 unspecified atom stereocenters. The molecule has 1 atom stereocenters. The Bertz CT molecular complexity index is 1070. The van der Waals surface area contributed by atoms with E-state index in [2.05, 4.69) is 47.0 Å². The van der Waals surface area contributed by atoms with Gasteiger partial charge in [-0.15, -0.1) is 0 Å². The van der Waals surface area contributed by atoms with E-state index in [1.807, 2.05) is 85.8 Å². The lowest BCUT2D eigenvalue weighted by Crippen LogP contribution is -2.92. The molecule has 1 amide bonds. The van der Waals surface area contributed by atoms with Gasteiger partial charge >= 0.3 is 0 Å². The summed E-state index contributed by atoms with van der Waals surface area (Å²) < 4.78 is 0.